The minimum absolute atomic E-state index is 0. The number of rotatable bonds is 1. The molecule has 3 rings (SSSR count). The highest BCUT2D eigenvalue weighted by atomic mass is 16.1. The predicted molar refractivity (Wildman–Crippen MR) is 45.2 cm³/mol. The third-order valence-corrected chi connectivity index (χ3v) is 3.18. The summed E-state index contributed by atoms with van der Waals surface area (Å²) in [5.41, 5.74) is 0.795. The Morgan fingerprint density at radius 2 is 2.09 bits per heavy atom. The molecular weight excluding hydrogens is 138 g/mol. The highest BCUT2D eigenvalue weighted by Gasteiger charge is 2.58. The second-order valence-electron chi connectivity index (χ2n) is 4.63. The zero-order valence-corrected chi connectivity index (χ0v) is 7.24. The molecule has 0 heterocycles. The van der Waals surface area contributed by atoms with Gasteiger partial charge in [-0.15, -0.1) is 0 Å². The van der Waals surface area contributed by atoms with Gasteiger partial charge in [0.1, 0.15) is 0 Å². The molecule has 3 fully saturated rings. The Bertz CT molecular complexity index is 209. The van der Waals surface area contributed by atoms with Crippen LogP contribution in [0.2, 0.25) is 0 Å². The van der Waals surface area contributed by atoms with Gasteiger partial charge in [-0.2, -0.15) is 0 Å². The van der Waals surface area contributed by atoms with Gasteiger partial charge >= 0.3 is 0 Å². The molecule has 1 amide bonds. The normalized spacial score (nSPS) is 46.7. The summed E-state index contributed by atoms with van der Waals surface area (Å²) < 4.78 is 0. The van der Waals surface area contributed by atoms with Crippen molar-refractivity contribution in [2.45, 2.75) is 45.1 Å². The number of carbonyl (C=O) groups excluding carboxylic acids is 1. The van der Waals surface area contributed by atoms with Crippen LogP contribution in [0, 0.1) is 5.41 Å². The fraction of sp³-hybridized carbons (Fsp3) is 0.889. The Hall–Kier alpha value is -0.530. The Labute approximate surface area is 68.8 Å². The summed E-state index contributed by atoms with van der Waals surface area (Å²) in [6, 6.07) is 0. The first-order chi connectivity index (χ1) is 5.04. The lowest BCUT2D eigenvalue weighted by atomic mass is 9.66. The zero-order valence-electron chi connectivity index (χ0n) is 7.24. The minimum Gasteiger partial charge on any atom is -0.351 e. The van der Waals surface area contributed by atoms with Crippen molar-refractivity contribution in [3.05, 3.63) is 0 Å². The van der Waals surface area contributed by atoms with Crippen LogP contribution in [0.5, 0.6) is 0 Å². The van der Waals surface area contributed by atoms with E-state index in [9.17, 15) is 4.79 Å². The van der Waals surface area contributed by atoms with Gasteiger partial charge < -0.3 is 5.32 Å². The van der Waals surface area contributed by atoms with Gasteiger partial charge in [0.25, 0.3) is 0 Å². The van der Waals surface area contributed by atoms with Gasteiger partial charge in [0.05, 0.1) is 0 Å². The first-order valence-electron chi connectivity index (χ1n) is 4.33. The monoisotopic (exact) mass is 155 g/mol. The van der Waals surface area contributed by atoms with E-state index in [1.165, 1.54) is 25.7 Å². The third-order valence-electron chi connectivity index (χ3n) is 3.18. The molecule has 1 N–H and O–H groups in total. The minimum atomic E-state index is 0. The summed E-state index contributed by atoms with van der Waals surface area (Å²) in [7, 11) is 0. The summed E-state index contributed by atoms with van der Waals surface area (Å²) in [5, 5.41) is 3.07. The largest absolute Gasteiger partial charge is 0.351 e. The van der Waals surface area contributed by atoms with Gasteiger partial charge in [-0.05, 0) is 31.1 Å². The van der Waals surface area contributed by atoms with E-state index in [1.54, 1.807) is 6.92 Å². The van der Waals surface area contributed by atoms with Gasteiger partial charge in [-0.3, -0.25) is 4.79 Å². The molecule has 0 saturated heterocycles. The van der Waals surface area contributed by atoms with Crippen LogP contribution in [-0.4, -0.2) is 11.4 Å². The predicted octanol–water partition coefficient (Wildman–Crippen LogP) is 1.70. The van der Waals surface area contributed by atoms with Crippen molar-refractivity contribution in [2.75, 3.05) is 0 Å². The van der Waals surface area contributed by atoms with Crippen LogP contribution in [0.4, 0.5) is 0 Å². The Morgan fingerprint density at radius 1 is 1.45 bits per heavy atom. The number of fused-ring (bicyclic) bond motifs is 1. The van der Waals surface area contributed by atoms with Crippen molar-refractivity contribution in [2.24, 2.45) is 5.41 Å². The molecule has 0 spiro atoms. The van der Waals surface area contributed by atoms with Crippen molar-refractivity contribution in [3.63, 3.8) is 0 Å². The van der Waals surface area contributed by atoms with E-state index in [2.05, 4.69) is 12.2 Å². The van der Waals surface area contributed by atoms with E-state index < -0.39 is 0 Å². The number of hydrogen-bond acceptors (Lipinski definition) is 1. The lowest BCUT2D eigenvalue weighted by Gasteiger charge is -2.45. The van der Waals surface area contributed by atoms with Crippen LogP contribution >= 0.6 is 0 Å². The number of carbonyl (C=O) groups is 1. The molecule has 2 nitrogen and oxygen atoms in total. The summed E-state index contributed by atoms with van der Waals surface area (Å²) >= 11 is 0. The van der Waals surface area contributed by atoms with E-state index >= 15 is 0 Å². The molecule has 3 aliphatic rings. The Morgan fingerprint density at radius 3 is 2.45 bits per heavy atom. The SMILES string of the molecule is CC(=O)NC12CCC(C)(C1)C2.[HH]. The molecule has 0 aromatic carbocycles. The lowest BCUT2D eigenvalue weighted by Crippen LogP contribution is -2.54. The molecule has 0 unspecified atom stereocenters. The molecule has 0 aromatic heterocycles. The maximum Gasteiger partial charge on any atom is 0.217 e. The molecule has 0 aliphatic heterocycles. The molecule has 0 aromatic rings. The Kier molecular flexibility index (Phi) is 1.16. The molecular formula is C9H17NO. The topological polar surface area (TPSA) is 29.1 Å². The van der Waals surface area contributed by atoms with Gasteiger partial charge in [0.2, 0.25) is 5.91 Å². The lowest BCUT2D eigenvalue weighted by molar-refractivity contribution is -0.122. The van der Waals surface area contributed by atoms with Crippen LogP contribution in [0.3, 0.4) is 0 Å². The standard InChI is InChI=1S/C9H15NO.H2/c1-7(11)10-9-4-3-8(2,5-9)6-9;/h3-6H2,1-2H3,(H,10,11);1H. The molecule has 3 aliphatic carbocycles. The summed E-state index contributed by atoms with van der Waals surface area (Å²) in [6.45, 7) is 3.93. The average Bonchev–Trinajstić information content (AvgIpc) is 2.17. The van der Waals surface area contributed by atoms with Crippen molar-refractivity contribution >= 4 is 5.91 Å². The molecule has 0 radical (unpaired) electrons. The molecule has 64 valence electrons. The zero-order chi connectivity index (χ0) is 8.11. The van der Waals surface area contributed by atoms with Crippen molar-refractivity contribution < 1.29 is 6.22 Å². The van der Waals surface area contributed by atoms with Gasteiger partial charge in [0, 0.05) is 13.9 Å². The summed E-state index contributed by atoms with van der Waals surface area (Å²) in [5.74, 6) is 0.133. The highest BCUT2D eigenvalue weighted by molar-refractivity contribution is 5.74. The molecule has 11 heavy (non-hydrogen) atoms. The van der Waals surface area contributed by atoms with Crippen molar-refractivity contribution in [3.8, 4) is 0 Å². The van der Waals surface area contributed by atoms with Gasteiger partial charge in [-0.25, -0.2) is 0 Å². The number of amides is 1. The van der Waals surface area contributed by atoms with Crippen LogP contribution in [-0.2, 0) is 4.79 Å². The highest BCUT2D eigenvalue weighted by Crippen LogP contribution is 2.60. The second kappa shape index (κ2) is 1.79. The average molecular weight is 155 g/mol. The summed E-state index contributed by atoms with van der Waals surface area (Å²) in [6.07, 6.45) is 4.91. The first-order valence-corrected chi connectivity index (χ1v) is 4.33. The smallest absolute Gasteiger partial charge is 0.217 e. The van der Waals surface area contributed by atoms with Crippen LogP contribution in [0.1, 0.15) is 41.0 Å². The maximum absolute atomic E-state index is 10.8. The van der Waals surface area contributed by atoms with Crippen LogP contribution in [0.25, 0.3) is 0 Å². The third kappa shape index (κ3) is 0.959. The maximum atomic E-state index is 10.8. The van der Waals surface area contributed by atoms with Crippen LogP contribution in [0.15, 0.2) is 0 Å². The fourth-order valence-corrected chi connectivity index (χ4v) is 3.00. The van der Waals surface area contributed by atoms with Crippen molar-refractivity contribution in [1.82, 2.24) is 5.32 Å². The fourth-order valence-electron chi connectivity index (χ4n) is 3.00. The van der Waals surface area contributed by atoms with E-state index in [4.69, 9.17) is 0 Å². The van der Waals surface area contributed by atoms with Gasteiger partial charge in [0.15, 0.2) is 0 Å². The Balaban J connectivity index is 0.000000720. The quantitative estimate of drug-likeness (QED) is 0.613. The number of nitrogens with one attached hydrogen (secondary N) is 1. The second-order valence-corrected chi connectivity index (χ2v) is 4.63. The molecule has 0 atom stereocenters. The van der Waals surface area contributed by atoms with E-state index in [0.717, 1.165) is 0 Å². The molecule has 2 heteroatoms. The van der Waals surface area contributed by atoms with Crippen LogP contribution < -0.4 is 5.32 Å². The van der Waals surface area contributed by atoms with E-state index in [0.29, 0.717) is 5.41 Å². The number of hydrogen-bond donors (Lipinski definition) is 1. The van der Waals surface area contributed by atoms with Crippen molar-refractivity contribution in [1.29, 1.82) is 0 Å². The first kappa shape index (κ1) is 7.14. The van der Waals surface area contributed by atoms with E-state index in [1.807, 2.05) is 0 Å². The van der Waals surface area contributed by atoms with E-state index in [-0.39, 0.29) is 12.9 Å². The summed E-state index contributed by atoms with van der Waals surface area (Å²) in [4.78, 5) is 10.8. The molecule has 3 saturated carbocycles. The molecule has 2 bridgehead atoms. The van der Waals surface area contributed by atoms with Gasteiger partial charge in [-0.1, -0.05) is 6.92 Å².